The summed E-state index contributed by atoms with van der Waals surface area (Å²) in [6.07, 6.45) is 0.752. The fraction of sp³-hybridized carbons (Fsp3) is 0.435. The van der Waals surface area contributed by atoms with Crippen LogP contribution in [0.5, 0.6) is 17.2 Å². The number of hydrogen-bond acceptors (Lipinski definition) is 9. The van der Waals surface area contributed by atoms with Gasteiger partial charge in [0, 0.05) is 30.8 Å². The number of likely N-dealkylation sites (N-methyl/N-ethyl adjacent to an activating group) is 1. The summed E-state index contributed by atoms with van der Waals surface area (Å²) in [4.78, 5) is 18.9. The number of nitrogens with zero attached hydrogens (tertiary/aromatic N) is 3. The monoisotopic (exact) mass is 457 g/mol. The molecule has 0 saturated heterocycles. The molecule has 0 unspecified atom stereocenters. The third kappa shape index (κ3) is 4.76. The van der Waals surface area contributed by atoms with Crippen molar-refractivity contribution >= 4 is 17.7 Å². The second kappa shape index (κ2) is 10.6. The first kappa shape index (κ1) is 23.7. The molecule has 0 saturated carbocycles. The van der Waals surface area contributed by atoms with Gasteiger partial charge in [-0.2, -0.15) is 5.26 Å². The summed E-state index contributed by atoms with van der Waals surface area (Å²) in [5.74, 6) is 1.23. The van der Waals surface area contributed by atoms with E-state index in [1.54, 1.807) is 28.3 Å². The van der Waals surface area contributed by atoms with Crippen molar-refractivity contribution < 1.29 is 23.7 Å². The number of hydrogen-bond donors (Lipinski definition) is 0. The van der Waals surface area contributed by atoms with E-state index in [-0.39, 0.29) is 11.7 Å². The maximum Gasteiger partial charge on any atom is 0.316 e. The van der Waals surface area contributed by atoms with Crippen LogP contribution in [0.2, 0.25) is 0 Å². The zero-order valence-corrected chi connectivity index (χ0v) is 19.8. The lowest BCUT2D eigenvalue weighted by Gasteiger charge is -2.28. The van der Waals surface area contributed by atoms with Crippen molar-refractivity contribution in [2.45, 2.75) is 24.9 Å². The molecule has 1 aromatic heterocycles. The SMILES string of the molecule is CCOC(=O)CSc1nc2c(c(-c3cc(OC)c(OC)c(OC)c3)c1C#N)CN(C)CC2. The van der Waals surface area contributed by atoms with Crippen LogP contribution in [-0.2, 0) is 22.5 Å². The molecular formula is C23H27N3O5S. The zero-order valence-electron chi connectivity index (χ0n) is 19.0. The third-order valence-electron chi connectivity index (χ3n) is 5.21. The van der Waals surface area contributed by atoms with Crippen LogP contribution in [0.25, 0.3) is 11.1 Å². The molecule has 0 fully saturated rings. The molecule has 2 aromatic rings. The molecule has 8 nitrogen and oxygen atoms in total. The number of carbonyl (C=O) groups excluding carboxylic acids is 1. The molecule has 0 atom stereocenters. The van der Waals surface area contributed by atoms with Gasteiger partial charge in [-0.25, -0.2) is 4.98 Å². The molecule has 0 aliphatic carbocycles. The molecule has 1 aliphatic heterocycles. The molecule has 32 heavy (non-hydrogen) atoms. The largest absolute Gasteiger partial charge is 0.493 e. The summed E-state index contributed by atoms with van der Waals surface area (Å²) >= 11 is 1.22. The summed E-state index contributed by atoms with van der Waals surface area (Å²) in [7, 11) is 6.71. The van der Waals surface area contributed by atoms with Gasteiger partial charge in [0.05, 0.1) is 39.3 Å². The normalized spacial score (nSPS) is 13.1. The molecule has 9 heteroatoms. The molecule has 0 amide bonds. The number of benzene rings is 1. The number of rotatable bonds is 8. The Morgan fingerprint density at radius 3 is 2.47 bits per heavy atom. The molecule has 2 heterocycles. The molecule has 1 aromatic carbocycles. The van der Waals surface area contributed by atoms with Crippen LogP contribution < -0.4 is 14.2 Å². The minimum Gasteiger partial charge on any atom is -0.493 e. The number of methoxy groups -OCH3 is 3. The van der Waals surface area contributed by atoms with Gasteiger partial charge >= 0.3 is 5.97 Å². The highest BCUT2D eigenvalue weighted by molar-refractivity contribution is 7.99. The fourth-order valence-electron chi connectivity index (χ4n) is 3.75. The second-order valence-corrected chi connectivity index (χ2v) is 8.16. The van der Waals surface area contributed by atoms with Crippen molar-refractivity contribution in [3.05, 3.63) is 29.0 Å². The van der Waals surface area contributed by atoms with Gasteiger partial charge in [-0.1, -0.05) is 11.8 Å². The predicted octanol–water partition coefficient (Wildman–Crippen LogP) is 3.29. The number of thioether (sulfide) groups is 1. The van der Waals surface area contributed by atoms with Crippen LogP contribution in [-0.4, -0.2) is 63.1 Å². The van der Waals surface area contributed by atoms with E-state index in [0.717, 1.165) is 35.3 Å². The van der Waals surface area contributed by atoms with Crippen LogP contribution in [0.15, 0.2) is 17.2 Å². The minimum absolute atomic E-state index is 0.0862. The Labute approximate surface area is 192 Å². The first-order chi connectivity index (χ1) is 15.5. The van der Waals surface area contributed by atoms with Crippen molar-refractivity contribution in [2.24, 2.45) is 0 Å². The Bertz CT molecular complexity index is 1030. The van der Waals surface area contributed by atoms with Crippen molar-refractivity contribution in [2.75, 3.05) is 47.3 Å². The van der Waals surface area contributed by atoms with E-state index in [9.17, 15) is 10.1 Å². The Morgan fingerprint density at radius 2 is 1.91 bits per heavy atom. The van der Waals surface area contributed by atoms with Gasteiger partial charge in [0.25, 0.3) is 0 Å². The number of carbonyl (C=O) groups is 1. The lowest BCUT2D eigenvalue weighted by atomic mass is 9.91. The maximum atomic E-state index is 11.9. The average molecular weight is 458 g/mol. The predicted molar refractivity (Wildman–Crippen MR) is 121 cm³/mol. The smallest absolute Gasteiger partial charge is 0.316 e. The Balaban J connectivity index is 2.23. The molecule has 0 spiro atoms. The van der Waals surface area contributed by atoms with E-state index in [0.29, 0.717) is 41.0 Å². The standard InChI is InChI=1S/C23H27N3O5S/c1-6-31-20(27)13-32-23-15(11-24)21(16-12-26(2)8-7-17(16)25-23)14-9-18(28-3)22(30-5)19(10-14)29-4/h9-10H,6-8,12-13H2,1-5H3. The van der Waals surface area contributed by atoms with Gasteiger partial charge in [0.15, 0.2) is 11.5 Å². The summed E-state index contributed by atoms with van der Waals surface area (Å²) < 4.78 is 21.6. The van der Waals surface area contributed by atoms with Gasteiger partial charge in [-0.15, -0.1) is 0 Å². The molecular weight excluding hydrogens is 430 g/mol. The van der Waals surface area contributed by atoms with E-state index in [2.05, 4.69) is 11.0 Å². The fourth-order valence-corrected chi connectivity index (χ4v) is 4.56. The maximum absolute atomic E-state index is 11.9. The van der Waals surface area contributed by atoms with E-state index in [4.69, 9.17) is 23.9 Å². The van der Waals surface area contributed by atoms with Crippen molar-refractivity contribution in [3.8, 4) is 34.4 Å². The third-order valence-corrected chi connectivity index (χ3v) is 6.16. The summed E-state index contributed by atoms with van der Waals surface area (Å²) in [6, 6.07) is 6.00. The van der Waals surface area contributed by atoms with Crippen LogP contribution in [0.3, 0.4) is 0 Å². The number of fused-ring (bicyclic) bond motifs is 1. The van der Waals surface area contributed by atoms with Crippen molar-refractivity contribution in [3.63, 3.8) is 0 Å². The number of aromatic nitrogens is 1. The summed E-state index contributed by atoms with van der Waals surface area (Å²) in [6.45, 7) is 3.60. The molecule has 0 N–H and O–H groups in total. The van der Waals surface area contributed by atoms with E-state index in [1.807, 2.05) is 19.2 Å². The van der Waals surface area contributed by atoms with Crippen LogP contribution >= 0.6 is 11.8 Å². The summed E-state index contributed by atoms with van der Waals surface area (Å²) in [5, 5.41) is 10.7. The van der Waals surface area contributed by atoms with Gasteiger partial charge < -0.3 is 23.8 Å². The molecule has 1 aliphatic rings. The molecule has 0 bridgehead atoms. The van der Waals surface area contributed by atoms with Gasteiger partial charge in [0.2, 0.25) is 5.75 Å². The highest BCUT2D eigenvalue weighted by Crippen LogP contribution is 2.44. The van der Waals surface area contributed by atoms with Crippen molar-refractivity contribution in [1.82, 2.24) is 9.88 Å². The number of ether oxygens (including phenoxy) is 4. The summed E-state index contributed by atoms with van der Waals surface area (Å²) in [5.41, 5.74) is 3.88. The van der Waals surface area contributed by atoms with Crippen LogP contribution in [0, 0.1) is 11.3 Å². The Hall–Kier alpha value is -2.96. The van der Waals surface area contributed by atoms with Gasteiger partial charge in [-0.05, 0) is 37.2 Å². The molecule has 170 valence electrons. The highest BCUT2D eigenvalue weighted by Gasteiger charge is 2.27. The van der Waals surface area contributed by atoms with Gasteiger partial charge in [0.1, 0.15) is 11.1 Å². The number of esters is 1. The van der Waals surface area contributed by atoms with Crippen LogP contribution in [0.1, 0.15) is 23.7 Å². The Morgan fingerprint density at radius 1 is 1.22 bits per heavy atom. The molecule has 0 radical (unpaired) electrons. The van der Waals surface area contributed by atoms with Crippen molar-refractivity contribution in [1.29, 1.82) is 5.26 Å². The van der Waals surface area contributed by atoms with E-state index >= 15 is 0 Å². The minimum atomic E-state index is -0.338. The lowest BCUT2D eigenvalue weighted by molar-refractivity contribution is -0.139. The second-order valence-electron chi connectivity index (χ2n) is 7.20. The lowest BCUT2D eigenvalue weighted by Crippen LogP contribution is -2.28. The topological polar surface area (TPSA) is 93.9 Å². The van der Waals surface area contributed by atoms with E-state index < -0.39 is 0 Å². The number of nitriles is 1. The Kier molecular flexibility index (Phi) is 7.83. The zero-order chi connectivity index (χ0) is 23.3. The van der Waals surface area contributed by atoms with Gasteiger partial charge in [-0.3, -0.25) is 4.79 Å². The average Bonchev–Trinajstić information content (AvgIpc) is 2.80. The molecule has 3 rings (SSSR count). The number of pyridine rings is 1. The highest BCUT2D eigenvalue weighted by atomic mass is 32.2. The van der Waals surface area contributed by atoms with E-state index in [1.165, 1.54) is 11.8 Å². The van der Waals surface area contributed by atoms with Crippen LogP contribution in [0.4, 0.5) is 0 Å². The quantitative estimate of drug-likeness (QED) is 0.437. The first-order valence-corrected chi connectivity index (χ1v) is 11.2. The first-order valence-electron chi connectivity index (χ1n) is 10.2.